The summed E-state index contributed by atoms with van der Waals surface area (Å²) in [6, 6.07) is 4.77. The minimum Gasteiger partial charge on any atom is -0.493 e. The van der Waals surface area contributed by atoms with Crippen molar-refractivity contribution in [2.75, 3.05) is 13.2 Å². The number of non-ortho nitro benzene ring substituents is 1. The van der Waals surface area contributed by atoms with Gasteiger partial charge in [0, 0.05) is 24.2 Å². The molecule has 0 bridgehead atoms. The predicted molar refractivity (Wildman–Crippen MR) is 80.0 cm³/mol. The Morgan fingerprint density at radius 2 is 2.15 bits per heavy atom. The van der Waals surface area contributed by atoms with E-state index in [9.17, 15) is 10.1 Å². The molecule has 0 saturated heterocycles. The minimum absolute atomic E-state index is 0.104. The Kier molecular flexibility index (Phi) is 7.01. The Morgan fingerprint density at radius 1 is 1.40 bits per heavy atom. The van der Waals surface area contributed by atoms with Gasteiger partial charge in [-0.3, -0.25) is 10.1 Å². The number of hydrogen-bond acceptors (Lipinski definition) is 4. The molecule has 0 unspecified atom stereocenters. The number of nitro groups is 1. The van der Waals surface area contributed by atoms with E-state index in [-0.39, 0.29) is 10.6 Å². The van der Waals surface area contributed by atoms with Gasteiger partial charge in [0.25, 0.3) is 5.69 Å². The first-order chi connectivity index (χ1) is 9.54. The van der Waals surface area contributed by atoms with Gasteiger partial charge in [-0.05, 0) is 31.4 Å². The highest BCUT2D eigenvalue weighted by Gasteiger charge is 2.11. The fourth-order valence-electron chi connectivity index (χ4n) is 1.89. The smallest absolute Gasteiger partial charge is 0.270 e. The zero-order valence-electron chi connectivity index (χ0n) is 12.5. The van der Waals surface area contributed by atoms with E-state index >= 15 is 0 Å². The molecule has 0 heterocycles. The van der Waals surface area contributed by atoms with Crippen LogP contribution in [0.2, 0.25) is 0 Å². The first kappa shape index (κ1) is 16.4. The molecule has 0 aliphatic heterocycles. The van der Waals surface area contributed by atoms with Crippen molar-refractivity contribution in [3.8, 4) is 5.75 Å². The standard InChI is InChI=1S/C15H24N2O3/c1-4-16-11-13-10-14(17(18)19)7-8-15(13)20-9-5-6-12(2)3/h7-8,10,12,16H,4-6,9,11H2,1-3H3. The maximum Gasteiger partial charge on any atom is 0.270 e. The molecular weight excluding hydrogens is 256 g/mol. The third-order valence-corrected chi connectivity index (χ3v) is 3.00. The van der Waals surface area contributed by atoms with Crippen molar-refractivity contribution < 1.29 is 9.66 Å². The van der Waals surface area contributed by atoms with E-state index in [4.69, 9.17) is 4.74 Å². The quantitative estimate of drug-likeness (QED) is 0.427. The molecule has 0 amide bonds. The molecule has 0 atom stereocenters. The van der Waals surface area contributed by atoms with Gasteiger partial charge in [0.1, 0.15) is 5.75 Å². The molecule has 1 aromatic carbocycles. The first-order valence-corrected chi connectivity index (χ1v) is 7.15. The van der Waals surface area contributed by atoms with Crippen LogP contribution in [0.1, 0.15) is 39.2 Å². The minimum atomic E-state index is -0.377. The van der Waals surface area contributed by atoms with Crippen molar-refractivity contribution in [1.82, 2.24) is 5.32 Å². The molecule has 5 heteroatoms. The molecule has 20 heavy (non-hydrogen) atoms. The van der Waals surface area contributed by atoms with Crippen LogP contribution in [-0.2, 0) is 6.54 Å². The average molecular weight is 280 g/mol. The highest BCUT2D eigenvalue weighted by molar-refractivity contribution is 5.43. The number of nitro benzene ring substituents is 1. The lowest BCUT2D eigenvalue weighted by atomic mass is 10.1. The Hall–Kier alpha value is -1.62. The summed E-state index contributed by atoms with van der Waals surface area (Å²) < 4.78 is 5.76. The van der Waals surface area contributed by atoms with Crippen molar-refractivity contribution in [2.24, 2.45) is 5.92 Å². The molecule has 0 spiro atoms. The van der Waals surface area contributed by atoms with Crippen LogP contribution in [0.4, 0.5) is 5.69 Å². The molecule has 0 aromatic heterocycles. The van der Waals surface area contributed by atoms with Gasteiger partial charge in [0.2, 0.25) is 0 Å². The number of benzene rings is 1. The summed E-state index contributed by atoms with van der Waals surface area (Å²) in [7, 11) is 0. The SMILES string of the molecule is CCNCc1cc([N+](=O)[O-])ccc1OCCCC(C)C. The van der Waals surface area contributed by atoms with E-state index in [0.717, 1.165) is 30.7 Å². The maximum atomic E-state index is 10.8. The van der Waals surface area contributed by atoms with Crippen LogP contribution >= 0.6 is 0 Å². The molecule has 1 aromatic rings. The molecule has 0 aliphatic carbocycles. The van der Waals surface area contributed by atoms with Gasteiger partial charge in [-0.15, -0.1) is 0 Å². The van der Waals surface area contributed by atoms with Gasteiger partial charge in [-0.25, -0.2) is 0 Å². The number of hydrogen-bond donors (Lipinski definition) is 1. The van der Waals surface area contributed by atoms with Crippen molar-refractivity contribution >= 4 is 5.69 Å². The van der Waals surface area contributed by atoms with Crippen LogP contribution in [0, 0.1) is 16.0 Å². The second kappa shape index (κ2) is 8.53. The van der Waals surface area contributed by atoms with E-state index in [1.165, 1.54) is 6.07 Å². The Morgan fingerprint density at radius 3 is 2.75 bits per heavy atom. The highest BCUT2D eigenvalue weighted by Crippen LogP contribution is 2.24. The highest BCUT2D eigenvalue weighted by atomic mass is 16.6. The van der Waals surface area contributed by atoms with Gasteiger partial charge >= 0.3 is 0 Å². The molecule has 0 aliphatic rings. The summed E-state index contributed by atoms with van der Waals surface area (Å²) in [6.45, 7) is 8.41. The van der Waals surface area contributed by atoms with Crippen molar-refractivity contribution in [1.29, 1.82) is 0 Å². The monoisotopic (exact) mass is 280 g/mol. The van der Waals surface area contributed by atoms with Crippen molar-refractivity contribution in [2.45, 2.75) is 40.2 Å². The van der Waals surface area contributed by atoms with E-state index in [1.54, 1.807) is 12.1 Å². The summed E-state index contributed by atoms with van der Waals surface area (Å²) in [4.78, 5) is 10.4. The fourth-order valence-corrected chi connectivity index (χ4v) is 1.89. The molecule has 112 valence electrons. The van der Waals surface area contributed by atoms with Crippen LogP contribution < -0.4 is 10.1 Å². The van der Waals surface area contributed by atoms with Gasteiger partial charge in [0.15, 0.2) is 0 Å². The maximum absolute atomic E-state index is 10.8. The average Bonchev–Trinajstić information content (AvgIpc) is 2.41. The summed E-state index contributed by atoms with van der Waals surface area (Å²) in [5.41, 5.74) is 0.943. The van der Waals surface area contributed by atoms with Gasteiger partial charge in [-0.2, -0.15) is 0 Å². The molecule has 1 rings (SSSR count). The number of ether oxygens (including phenoxy) is 1. The fraction of sp³-hybridized carbons (Fsp3) is 0.600. The Labute approximate surface area is 120 Å². The van der Waals surface area contributed by atoms with Crippen molar-refractivity contribution in [3.05, 3.63) is 33.9 Å². The third kappa shape index (κ3) is 5.57. The molecule has 1 N–H and O–H groups in total. The lowest BCUT2D eigenvalue weighted by molar-refractivity contribution is -0.384. The normalized spacial score (nSPS) is 10.8. The van der Waals surface area contributed by atoms with Gasteiger partial charge in [0.05, 0.1) is 11.5 Å². The van der Waals surface area contributed by atoms with Gasteiger partial charge in [-0.1, -0.05) is 20.8 Å². The van der Waals surface area contributed by atoms with E-state index in [2.05, 4.69) is 19.2 Å². The summed E-state index contributed by atoms with van der Waals surface area (Å²) in [6.07, 6.45) is 2.12. The van der Waals surface area contributed by atoms with Gasteiger partial charge < -0.3 is 10.1 Å². The largest absolute Gasteiger partial charge is 0.493 e. The second-order valence-electron chi connectivity index (χ2n) is 5.21. The topological polar surface area (TPSA) is 64.4 Å². The third-order valence-electron chi connectivity index (χ3n) is 3.00. The van der Waals surface area contributed by atoms with Crippen LogP contribution in [0.25, 0.3) is 0 Å². The number of nitrogens with zero attached hydrogens (tertiary/aromatic N) is 1. The summed E-state index contributed by atoms with van der Waals surface area (Å²) >= 11 is 0. The first-order valence-electron chi connectivity index (χ1n) is 7.15. The van der Waals surface area contributed by atoms with Crippen LogP contribution in [-0.4, -0.2) is 18.1 Å². The molecule has 5 nitrogen and oxygen atoms in total. The summed E-state index contributed by atoms with van der Waals surface area (Å²) in [5, 5.41) is 14.0. The summed E-state index contributed by atoms with van der Waals surface area (Å²) in [5.74, 6) is 1.40. The zero-order valence-corrected chi connectivity index (χ0v) is 12.5. The predicted octanol–water partition coefficient (Wildman–Crippen LogP) is 3.52. The number of rotatable bonds is 9. The second-order valence-corrected chi connectivity index (χ2v) is 5.21. The molecule has 0 saturated carbocycles. The lowest BCUT2D eigenvalue weighted by Crippen LogP contribution is -2.13. The van der Waals surface area contributed by atoms with E-state index in [1.807, 2.05) is 6.92 Å². The van der Waals surface area contributed by atoms with Crippen LogP contribution in [0.15, 0.2) is 18.2 Å². The van der Waals surface area contributed by atoms with E-state index in [0.29, 0.717) is 19.1 Å². The molecule has 0 fully saturated rings. The zero-order chi connectivity index (χ0) is 15.0. The van der Waals surface area contributed by atoms with Crippen LogP contribution in [0.3, 0.4) is 0 Å². The lowest BCUT2D eigenvalue weighted by Gasteiger charge is -2.12. The number of nitrogens with one attached hydrogen (secondary N) is 1. The van der Waals surface area contributed by atoms with E-state index < -0.39 is 0 Å². The Balaban J connectivity index is 2.69. The molecular formula is C15H24N2O3. The van der Waals surface area contributed by atoms with Crippen LogP contribution in [0.5, 0.6) is 5.75 Å². The molecule has 0 radical (unpaired) electrons. The van der Waals surface area contributed by atoms with Crippen molar-refractivity contribution in [3.63, 3.8) is 0 Å². The Bertz CT molecular complexity index is 433.